The van der Waals surface area contributed by atoms with Gasteiger partial charge in [0.25, 0.3) is 0 Å². The van der Waals surface area contributed by atoms with Gasteiger partial charge in [-0.1, -0.05) is 11.6 Å². The largest absolute Gasteiger partial charge is 0.288 e. The second kappa shape index (κ2) is 6.33. The molecule has 86 valence electrons. The average molecular weight is 275 g/mol. The molecule has 1 aromatic rings. The van der Waals surface area contributed by atoms with Crippen LogP contribution in [0.15, 0.2) is 24.3 Å². The minimum Gasteiger partial charge on any atom is -0.288 e. The van der Waals surface area contributed by atoms with Crippen LogP contribution in [0.1, 0.15) is 10.4 Å². The summed E-state index contributed by atoms with van der Waals surface area (Å²) in [5.74, 6) is -0.826. The smallest absolute Gasteiger partial charge is 0.230 e. The third-order valence-corrected chi connectivity index (χ3v) is 4.66. The fourth-order valence-corrected chi connectivity index (χ4v) is 2.70. The Bertz CT molecular complexity index is 385. The third-order valence-electron chi connectivity index (χ3n) is 1.97. The molecule has 2 nitrogen and oxygen atoms in total. The number of Topliss-reactive ketones (excluding diaryl/α,β-unsaturated/α-hetero) is 2. The van der Waals surface area contributed by atoms with E-state index in [-0.39, 0.29) is 10.4 Å². The maximum absolute atomic E-state index is 11.8. The van der Waals surface area contributed by atoms with E-state index in [2.05, 4.69) is 0 Å². The van der Waals surface area contributed by atoms with Gasteiger partial charge in [-0.25, -0.2) is 0 Å². The summed E-state index contributed by atoms with van der Waals surface area (Å²) in [6.07, 6.45) is 3.63. The van der Waals surface area contributed by atoms with Gasteiger partial charge in [0.15, 0.2) is 0 Å². The van der Waals surface area contributed by atoms with E-state index in [1.165, 1.54) is 23.5 Å². The first kappa shape index (κ1) is 13.6. The molecule has 0 fully saturated rings. The molecule has 1 aromatic carbocycles. The zero-order valence-electron chi connectivity index (χ0n) is 8.90. The highest BCUT2D eigenvalue weighted by Gasteiger charge is 2.24. The first-order valence-corrected chi connectivity index (χ1v) is 7.45. The Kier molecular flexibility index (Phi) is 5.38. The lowest BCUT2D eigenvalue weighted by Gasteiger charge is -2.08. The zero-order chi connectivity index (χ0) is 12.1. The van der Waals surface area contributed by atoms with Crippen LogP contribution in [-0.4, -0.2) is 28.7 Å². The van der Waals surface area contributed by atoms with E-state index >= 15 is 0 Å². The molecule has 16 heavy (non-hydrogen) atoms. The van der Waals surface area contributed by atoms with E-state index in [0.717, 1.165) is 0 Å². The minimum atomic E-state index is -0.453. The van der Waals surface area contributed by atoms with Crippen LogP contribution < -0.4 is 0 Å². The highest BCUT2D eigenvalue weighted by atomic mass is 35.5. The Morgan fingerprint density at radius 3 is 2.06 bits per heavy atom. The first-order chi connectivity index (χ1) is 7.60. The molecular weight excluding hydrogens is 264 g/mol. The van der Waals surface area contributed by atoms with Crippen molar-refractivity contribution in [3.63, 3.8) is 0 Å². The van der Waals surface area contributed by atoms with Crippen LogP contribution >= 0.6 is 35.1 Å². The molecule has 0 amide bonds. The highest BCUT2D eigenvalue weighted by Crippen LogP contribution is 2.21. The molecule has 0 aliphatic rings. The van der Waals surface area contributed by atoms with Gasteiger partial charge in [0, 0.05) is 10.6 Å². The van der Waals surface area contributed by atoms with Crippen molar-refractivity contribution < 1.29 is 9.59 Å². The molecule has 0 aromatic heterocycles. The lowest BCUT2D eigenvalue weighted by molar-refractivity contribution is -0.113. The highest BCUT2D eigenvalue weighted by molar-refractivity contribution is 8.17. The maximum atomic E-state index is 11.8. The fraction of sp³-hybridized carbons (Fsp3) is 0.273. The number of ketones is 2. The van der Waals surface area contributed by atoms with Crippen LogP contribution in [0.4, 0.5) is 0 Å². The molecule has 0 unspecified atom stereocenters. The standard InChI is InChI=1S/C11H11ClO2S2/c1-15-11(16-2)10(14)9(13)7-3-5-8(12)6-4-7/h3-6,11H,1-2H3. The monoisotopic (exact) mass is 274 g/mol. The number of hydrogen-bond acceptors (Lipinski definition) is 4. The van der Waals surface area contributed by atoms with Gasteiger partial charge in [-0.2, -0.15) is 0 Å². The van der Waals surface area contributed by atoms with E-state index in [1.807, 2.05) is 12.5 Å². The fourth-order valence-electron chi connectivity index (χ4n) is 1.16. The molecule has 0 aliphatic heterocycles. The number of halogens is 1. The quantitative estimate of drug-likeness (QED) is 0.469. The lowest BCUT2D eigenvalue weighted by atomic mass is 10.1. The molecule has 0 saturated carbocycles. The molecule has 0 spiro atoms. The van der Waals surface area contributed by atoms with Gasteiger partial charge in [-0.15, -0.1) is 23.5 Å². The van der Waals surface area contributed by atoms with Gasteiger partial charge in [0.2, 0.25) is 11.6 Å². The normalized spacial score (nSPS) is 10.5. The Hall–Kier alpha value is -0.450. The van der Waals surface area contributed by atoms with E-state index in [9.17, 15) is 9.59 Å². The van der Waals surface area contributed by atoms with Crippen molar-refractivity contribution in [2.24, 2.45) is 0 Å². The summed E-state index contributed by atoms with van der Waals surface area (Å²) in [7, 11) is 0. The summed E-state index contributed by atoms with van der Waals surface area (Å²) < 4.78 is -0.330. The van der Waals surface area contributed by atoms with Crippen LogP contribution in [0, 0.1) is 0 Å². The molecule has 5 heteroatoms. The predicted octanol–water partition coefficient (Wildman–Crippen LogP) is 3.14. The molecule has 1 rings (SSSR count). The van der Waals surface area contributed by atoms with Crippen molar-refractivity contribution in [1.82, 2.24) is 0 Å². The van der Waals surface area contributed by atoms with Gasteiger partial charge in [-0.05, 0) is 36.8 Å². The van der Waals surface area contributed by atoms with Crippen LogP contribution in [-0.2, 0) is 4.79 Å². The number of rotatable bonds is 5. The van der Waals surface area contributed by atoms with E-state index in [4.69, 9.17) is 11.6 Å². The first-order valence-electron chi connectivity index (χ1n) is 4.50. The Balaban J connectivity index is 2.85. The van der Waals surface area contributed by atoms with E-state index in [0.29, 0.717) is 10.6 Å². The number of thioether (sulfide) groups is 2. The predicted molar refractivity (Wildman–Crippen MR) is 71.6 cm³/mol. The molecule has 0 bridgehead atoms. The second-order valence-electron chi connectivity index (χ2n) is 3.00. The molecular formula is C11H11ClO2S2. The molecule has 0 atom stereocenters. The Labute approximate surface area is 108 Å². The van der Waals surface area contributed by atoms with Gasteiger partial charge in [-0.3, -0.25) is 9.59 Å². The summed E-state index contributed by atoms with van der Waals surface area (Å²) in [6, 6.07) is 6.35. The molecule has 0 aliphatic carbocycles. The van der Waals surface area contributed by atoms with Crippen molar-refractivity contribution in [2.45, 2.75) is 4.58 Å². The summed E-state index contributed by atoms with van der Waals surface area (Å²) in [5, 5.41) is 0.551. The average Bonchev–Trinajstić information content (AvgIpc) is 2.30. The van der Waals surface area contributed by atoms with Gasteiger partial charge in [0.05, 0.1) is 0 Å². The number of carbonyl (C=O) groups excluding carboxylic acids is 2. The number of benzene rings is 1. The third kappa shape index (κ3) is 3.27. The topological polar surface area (TPSA) is 34.1 Å². The van der Waals surface area contributed by atoms with Crippen molar-refractivity contribution in [1.29, 1.82) is 0 Å². The van der Waals surface area contributed by atoms with Crippen LogP contribution in [0.3, 0.4) is 0 Å². The van der Waals surface area contributed by atoms with Gasteiger partial charge in [0.1, 0.15) is 4.58 Å². The molecule has 0 radical (unpaired) electrons. The summed E-state index contributed by atoms with van der Waals surface area (Å²) in [6.45, 7) is 0. The summed E-state index contributed by atoms with van der Waals surface area (Å²) >= 11 is 8.45. The second-order valence-corrected chi connectivity index (χ2v) is 5.62. The summed E-state index contributed by atoms with van der Waals surface area (Å²) in [4.78, 5) is 23.6. The van der Waals surface area contributed by atoms with Gasteiger partial charge >= 0.3 is 0 Å². The molecule has 0 saturated heterocycles. The van der Waals surface area contributed by atoms with Crippen LogP contribution in [0.2, 0.25) is 5.02 Å². The molecule has 0 N–H and O–H groups in total. The Morgan fingerprint density at radius 1 is 1.12 bits per heavy atom. The lowest BCUT2D eigenvalue weighted by Crippen LogP contribution is -2.23. The van der Waals surface area contributed by atoms with Crippen LogP contribution in [0.5, 0.6) is 0 Å². The van der Waals surface area contributed by atoms with Crippen LogP contribution in [0.25, 0.3) is 0 Å². The summed E-state index contributed by atoms with van der Waals surface area (Å²) in [5.41, 5.74) is 0.391. The van der Waals surface area contributed by atoms with E-state index < -0.39 is 5.78 Å². The molecule has 0 heterocycles. The zero-order valence-corrected chi connectivity index (χ0v) is 11.3. The van der Waals surface area contributed by atoms with Crippen molar-refractivity contribution in [3.05, 3.63) is 34.9 Å². The SMILES string of the molecule is CSC(SC)C(=O)C(=O)c1ccc(Cl)cc1. The Morgan fingerprint density at radius 2 is 1.62 bits per heavy atom. The number of carbonyl (C=O) groups is 2. The minimum absolute atomic E-state index is 0.330. The van der Waals surface area contributed by atoms with Crippen molar-refractivity contribution in [3.8, 4) is 0 Å². The van der Waals surface area contributed by atoms with E-state index in [1.54, 1.807) is 24.3 Å². The maximum Gasteiger partial charge on any atom is 0.230 e. The van der Waals surface area contributed by atoms with Gasteiger partial charge < -0.3 is 0 Å². The van der Waals surface area contributed by atoms with Crippen molar-refractivity contribution in [2.75, 3.05) is 12.5 Å². The van der Waals surface area contributed by atoms with Crippen molar-refractivity contribution >= 4 is 46.7 Å². The number of hydrogen-bond donors (Lipinski definition) is 0.